The molecule has 0 spiro atoms. The minimum absolute atomic E-state index is 0.0280. The van der Waals surface area contributed by atoms with Crippen molar-refractivity contribution in [2.45, 2.75) is 0 Å². The lowest BCUT2D eigenvalue weighted by molar-refractivity contribution is 0.102. The highest BCUT2D eigenvalue weighted by Crippen LogP contribution is 2.20. The Balaban J connectivity index is 2.22. The van der Waals surface area contributed by atoms with Crippen molar-refractivity contribution in [3.63, 3.8) is 0 Å². The van der Waals surface area contributed by atoms with Crippen LogP contribution in [0.5, 0.6) is 5.75 Å². The van der Waals surface area contributed by atoms with Gasteiger partial charge in [-0.15, -0.1) is 0 Å². The number of anilines is 1. The van der Waals surface area contributed by atoms with Gasteiger partial charge in [0.05, 0.1) is 16.8 Å². The lowest BCUT2D eigenvalue weighted by Gasteiger charge is -2.06. The number of nitrogens with one attached hydrogen (secondary N) is 1. The maximum Gasteiger partial charge on any atom is 0.259 e. The Hall–Kier alpha value is -2.14. The monoisotopic (exact) mass is 266 g/mol. The highest BCUT2D eigenvalue weighted by atomic mass is 35.5. The van der Waals surface area contributed by atoms with Crippen LogP contribution in [0.3, 0.4) is 0 Å². The van der Waals surface area contributed by atoms with Gasteiger partial charge in [0.25, 0.3) is 5.91 Å². The van der Waals surface area contributed by atoms with Crippen molar-refractivity contribution in [3.8, 4) is 5.75 Å². The molecule has 92 valence electrons. The number of halogens is 2. The van der Waals surface area contributed by atoms with E-state index in [1.54, 1.807) is 0 Å². The average Bonchev–Trinajstić information content (AvgIpc) is 2.34. The Morgan fingerprint density at radius 1 is 1.39 bits per heavy atom. The van der Waals surface area contributed by atoms with Crippen LogP contribution in [0.2, 0.25) is 5.02 Å². The number of aromatic nitrogens is 1. The summed E-state index contributed by atoms with van der Waals surface area (Å²) in [5.41, 5.74) is 0.304. The Kier molecular flexibility index (Phi) is 3.43. The number of rotatable bonds is 2. The summed E-state index contributed by atoms with van der Waals surface area (Å²) in [6, 6.07) is 5.25. The van der Waals surface area contributed by atoms with E-state index >= 15 is 0 Å². The molecule has 1 heterocycles. The summed E-state index contributed by atoms with van der Waals surface area (Å²) in [4.78, 5) is 15.4. The molecule has 4 nitrogen and oxygen atoms in total. The Morgan fingerprint density at radius 3 is 2.83 bits per heavy atom. The van der Waals surface area contributed by atoms with E-state index in [9.17, 15) is 14.3 Å². The van der Waals surface area contributed by atoms with Gasteiger partial charge in [0, 0.05) is 11.9 Å². The van der Waals surface area contributed by atoms with E-state index in [0.29, 0.717) is 0 Å². The number of nitrogens with zero attached hydrogens (tertiary/aromatic N) is 1. The van der Waals surface area contributed by atoms with Gasteiger partial charge in [-0.1, -0.05) is 11.6 Å². The number of carbonyl (C=O) groups is 1. The fourth-order valence-corrected chi connectivity index (χ4v) is 1.47. The molecule has 1 aromatic heterocycles. The van der Waals surface area contributed by atoms with Gasteiger partial charge in [-0.05, 0) is 24.3 Å². The molecule has 0 fully saturated rings. The SMILES string of the molecule is O=C(Nc1ccc(Cl)c(F)c1)c1ccncc1O. The van der Waals surface area contributed by atoms with Crippen molar-refractivity contribution in [2.75, 3.05) is 5.32 Å². The van der Waals surface area contributed by atoms with Gasteiger partial charge in [-0.3, -0.25) is 9.78 Å². The fourth-order valence-electron chi connectivity index (χ4n) is 1.35. The maximum atomic E-state index is 13.2. The summed E-state index contributed by atoms with van der Waals surface area (Å²) in [7, 11) is 0. The van der Waals surface area contributed by atoms with Crippen LogP contribution in [-0.2, 0) is 0 Å². The molecule has 0 radical (unpaired) electrons. The van der Waals surface area contributed by atoms with Gasteiger partial charge in [0.1, 0.15) is 11.6 Å². The minimum Gasteiger partial charge on any atom is -0.505 e. The normalized spacial score (nSPS) is 10.1. The van der Waals surface area contributed by atoms with Crippen molar-refractivity contribution in [1.82, 2.24) is 4.98 Å². The molecule has 1 aromatic carbocycles. The van der Waals surface area contributed by atoms with Gasteiger partial charge in [0.2, 0.25) is 0 Å². The molecule has 2 N–H and O–H groups in total. The van der Waals surface area contributed by atoms with Crippen molar-refractivity contribution < 1.29 is 14.3 Å². The van der Waals surface area contributed by atoms with E-state index < -0.39 is 11.7 Å². The summed E-state index contributed by atoms with van der Waals surface area (Å²) in [5.74, 6) is -1.44. The molecule has 18 heavy (non-hydrogen) atoms. The number of pyridine rings is 1. The van der Waals surface area contributed by atoms with Crippen LogP contribution in [0.4, 0.5) is 10.1 Å². The number of hydrogen-bond donors (Lipinski definition) is 2. The zero-order valence-corrected chi connectivity index (χ0v) is 9.78. The van der Waals surface area contributed by atoms with Gasteiger partial charge in [-0.2, -0.15) is 0 Å². The molecular formula is C12H8ClFN2O2. The third-order valence-corrected chi connectivity index (χ3v) is 2.53. The van der Waals surface area contributed by atoms with Crippen LogP contribution < -0.4 is 5.32 Å². The van der Waals surface area contributed by atoms with Crippen molar-refractivity contribution in [2.24, 2.45) is 0 Å². The van der Waals surface area contributed by atoms with Crippen LogP contribution in [-0.4, -0.2) is 16.0 Å². The summed E-state index contributed by atoms with van der Waals surface area (Å²) in [6.45, 7) is 0. The number of amides is 1. The molecule has 0 bridgehead atoms. The number of carbonyl (C=O) groups excluding carboxylic acids is 1. The summed E-state index contributed by atoms with van der Waals surface area (Å²) in [6.07, 6.45) is 2.52. The number of benzene rings is 1. The third kappa shape index (κ3) is 2.57. The largest absolute Gasteiger partial charge is 0.505 e. The summed E-state index contributed by atoms with van der Waals surface area (Å²) in [5, 5.41) is 11.9. The zero-order chi connectivity index (χ0) is 13.1. The molecule has 0 atom stereocenters. The maximum absolute atomic E-state index is 13.2. The fraction of sp³-hybridized carbons (Fsp3) is 0. The topological polar surface area (TPSA) is 62.2 Å². The van der Waals surface area contributed by atoms with E-state index in [2.05, 4.69) is 10.3 Å². The highest BCUT2D eigenvalue weighted by molar-refractivity contribution is 6.30. The van der Waals surface area contributed by atoms with Crippen LogP contribution in [0.15, 0.2) is 36.7 Å². The average molecular weight is 267 g/mol. The van der Waals surface area contributed by atoms with Crippen LogP contribution in [0.25, 0.3) is 0 Å². The number of hydrogen-bond acceptors (Lipinski definition) is 3. The lowest BCUT2D eigenvalue weighted by Crippen LogP contribution is -2.12. The molecule has 0 unspecified atom stereocenters. The molecule has 0 saturated carbocycles. The molecule has 2 aromatic rings. The highest BCUT2D eigenvalue weighted by Gasteiger charge is 2.11. The second kappa shape index (κ2) is 5.01. The smallest absolute Gasteiger partial charge is 0.259 e. The predicted octanol–water partition coefficient (Wildman–Crippen LogP) is 2.83. The van der Waals surface area contributed by atoms with E-state index in [1.165, 1.54) is 24.4 Å². The third-order valence-electron chi connectivity index (χ3n) is 2.22. The van der Waals surface area contributed by atoms with E-state index in [0.717, 1.165) is 12.3 Å². The lowest BCUT2D eigenvalue weighted by atomic mass is 10.2. The standard InChI is InChI=1S/C12H8ClFN2O2/c13-9-2-1-7(5-10(9)14)16-12(18)8-3-4-15-6-11(8)17/h1-6,17H,(H,16,18). The van der Waals surface area contributed by atoms with E-state index in [1.807, 2.05) is 0 Å². The first-order chi connectivity index (χ1) is 8.58. The molecule has 0 aliphatic heterocycles. The van der Waals surface area contributed by atoms with Gasteiger partial charge in [0.15, 0.2) is 0 Å². The van der Waals surface area contributed by atoms with E-state index in [-0.39, 0.29) is 22.0 Å². The Labute approximate surface area is 107 Å². The van der Waals surface area contributed by atoms with Crippen molar-refractivity contribution in [1.29, 1.82) is 0 Å². The van der Waals surface area contributed by atoms with Crippen LogP contribution in [0, 0.1) is 5.82 Å². The Bertz CT molecular complexity index is 604. The van der Waals surface area contributed by atoms with Gasteiger partial charge < -0.3 is 10.4 Å². The second-order valence-corrected chi connectivity index (χ2v) is 3.88. The molecule has 0 saturated heterocycles. The second-order valence-electron chi connectivity index (χ2n) is 3.48. The van der Waals surface area contributed by atoms with Gasteiger partial charge >= 0.3 is 0 Å². The molecule has 0 aliphatic rings. The van der Waals surface area contributed by atoms with Gasteiger partial charge in [-0.25, -0.2) is 4.39 Å². The summed E-state index contributed by atoms with van der Waals surface area (Å²) >= 11 is 5.52. The van der Waals surface area contributed by atoms with Crippen molar-refractivity contribution in [3.05, 3.63) is 53.1 Å². The first kappa shape index (κ1) is 12.3. The molecule has 6 heteroatoms. The number of aromatic hydroxyl groups is 1. The summed E-state index contributed by atoms with van der Waals surface area (Å²) < 4.78 is 13.2. The van der Waals surface area contributed by atoms with Crippen LogP contribution in [0.1, 0.15) is 10.4 Å². The van der Waals surface area contributed by atoms with Crippen LogP contribution >= 0.6 is 11.6 Å². The minimum atomic E-state index is -0.631. The first-order valence-corrected chi connectivity index (χ1v) is 5.35. The van der Waals surface area contributed by atoms with Crippen molar-refractivity contribution >= 4 is 23.2 Å². The zero-order valence-electron chi connectivity index (χ0n) is 9.02. The molecule has 1 amide bonds. The molecule has 0 aliphatic carbocycles. The Morgan fingerprint density at radius 2 is 2.17 bits per heavy atom. The first-order valence-electron chi connectivity index (χ1n) is 4.97. The van der Waals surface area contributed by atoms with E-state index in [4.69, 9.17) is 11.6 Å². The predicted molar refractivity (Wildman–Crippen MR) is 65.3 cm³/mol. The molecule has 2 rings (SSSR count). The quantitative estimate of drug-likeness (QED) is 0.879. The molecular weight excluding hydrogens is 259 g/mol.